The average Bonchev–Trinajstić information content (AvgIpc) is 2.51. The first-order chi connectivity index (χ1) is 3.93. The van der Waals surface area contributed by atoms with Crippen molar-refractivity contribution in [1.29, 1.82) is 0 Å². The Morgan fingerprint density at radius 2 is 2.00 bits per heavy atom. The van der Waals surface area contributed by atoms with Crippen LogP contribution in [-0.2, 0) is 0 Å². The monoisotopic (exact) mass is 114 g/mol. The van der Waals surface area contributed by atoms with E-state index in [1.54, 1.807) is 0 Å². The molecule has 1 fully saturated rings. The van der Waals surface area contributed by atoms with Crippen LogP contribution in [0.1, 0.15) is 12.8 Å². The SMILES string of the molecule is NCCCCN1CC1. The van der Waals surface area contributed by atoms with Crippen LogP contribution in [0.2, 0.25) is 0 Å². The number of hydrogen-bond donors (Lipinski definition) is 1. The van der Waals surface area contributed by atoms with Crippen LogP contribution >= 0.6 is 0 Å². The number of rotatable bonds is 4. The molecule has 0 amide bonds. The molecule has 1 aliphatic heterocycles. The van der Waals surface area contributed by atoms with Crippen molar-refractivity contribution in [2.75, 3.05) is 26.2 Å². The van der Waals surface area contributed by atoms with Crippen molar-refractivity contribution in [1.82, 2.24) is 4.90 Å². The molecule has 0 aromatic heterocycles. The largest absolute Gasteiger partial charge is 0.330 e. The first-order valence-corrected chi connectivity index (χ1v) is 3.36. The lowest BCUT2D eigenvalue weighted by atomic mass is 10.3. The van der Waals surface area contributed by atoms with Crippen molar-refractivity contribution in [3.63, 3.8) is 0 Å². The maximum Gasteiger partial charge on any atom is 0.0110 e. The maximum atomic E-state index is 5.32. The second kappa shape index (κ2) is 3.05. The molecule has 1 rings (SSSR count). The summed E-state index contributed by atoms with van der Waals surface area (Å²) in [6.45, 7) is 4.78. The van der Waals surface area contributed by atoms with Gasteiger partial charge in [0, 0.05) is 13.1 Å². The molecule has 1 aliphatic rings. The third-order valence-corrected chi connectivity index (χ3v) is 1.47. The Balaban J connectivity index is 1.74. The van der Waals surface area contributed by atoms with Gasteiger partial charge in [-0.2, -0.15) is 0 Å². The van der Waals surface area contributed by atoms with Crippen LogP contribution in [0.15, 0.2) is 0 Å². The van der Waals surface area contributed by atoms with Gasteiger partial charge < -0.3 is 10.6 Å². The van der Waals surface area contributed by atoms with Crippen LogP contribution in [0.5, 0.6) is 0 Å². The normalized spacial score (nSPS) is 19.1. The summed E-state index contributed by atoms with van der Waals surface area (Å²) < 4.78 is 0. The Kier molecular flexibility index (Phi) is 2.30. The second-order valence-corrected chi connectivity index (χ2v) is 2.34. The number of nitrogens with zero attached hydrogens (tertiary/aromatic N) is 1. The number of hydrogen-bond acceptors (Lipinski definition) is 2. The van der Waals surface area contributed by atoms with E-state index in [0.717, 1.165) is 6.54 Å². The molecule has 8 heavy (non-hydrogen) atoms. The van der Waals surface area contributed by atoms with E-state index in [4.69, 9.17) is 5.73 Å². The molecule has 2 heteroatoms. The van der Waals surface area contributed by atoms with Crippen LogP contribution in [0.25, 0.3) is 0 Å². The maximum absolute atomic E-state index is 5.32. The van der Waals surface area contributed by atoms with Gasteiger partial charge >= 0.3 is 0 Å². The van der Waals surface area contributed by atoms with Gasteiger partial charge in [-0.25, -0.2) is 0 Å². The highest BCUT2D eigenvalue weighted by molar-refractivity contribution is 4.71. The van der Waals surface area contributed by atoms with Gasteiger partial charge in [0.05, 0.1) is 0 Å². The van der Waals surface area contributed by atoms with E-state index in [2.05, 4.69) is 4.90 Å². The standard InChI is InChI=1S/C6H14N2/c7-3-1-2-4-8-5-6-8/h1-7H2. The topological polar surface area (TPSA) is 29.0 Å². The Labute approximate surface area is 50.7 Å². The fourth-order valence-electron chi connectivity index (χ4n) is 0.774. The van der Waals surface area contributed by atoms with Crippen molar-refractivity contribution in [3.8, 4) is 0 Å². The smallest absolute Gasteiger partial charge is 0.0110 e. The molecule has 2 nitrogen and oxygen atoms in total. The Hall–Kier alpha value is -0.0800. The quantitative estimate of drug-likeness (QED) is 0.413. The van der Waals surface area contributed by atoms with E-state index in [1.807, 2.05) is 0 Å². The summed E-state index contributed by atoms with van der Waals surface area (Å²) in [4.78, 5) is 2.43. The highest BCUT2D eigenvalue weighted by atomic mass is 15.2. The zero-order valence-corrected chi connectivity index (χ0v) is 5.27. The molecule has 2 N–H and O–H groups in total. The summed E-state index contributed by atoms with van der Waals surface area (Å²) in [5.41, 5.74) is 5.32. The van der Waals surface area contributed by atoms with Crippen molar-refractivity contribution in [2.45, 2.75) is 12.8 Å². The van der Waals surface area contributed by atoms with Crippen molar-refractivity contribution in [2.24, 2.45) is 5.73 Å². The zero-order valence-electron chi connectivity index (χ0n) is 5.27. The fraction of sp³-hybridized carbons (Fsp3) is 1.00. The van der Waals surface area contributed by atoms with Crippen molar-refractivity contribution in [3.05, 3.63) is 0 Å². The average molecular weight is 114 g/mol. The molecule has 0 radical (unpaired) electrons. The minimum absolute atomic E-state index is 0.855. The summed E-state index contributed by atoms with van der Waals surface area (Å²) in [5.74, 6) is 0. The molecular weight excluding hydrogens is 100 g/mol. The fourth-order valence-corrected chi connectivity index (χ4v) is 0.774. The van der Waals surface area contributed by atoms with E-state index in [1.165, 1.54) is 32.5 Å². The Bertz CT molecular complexity index is 59.5. The highest BCUT2D eigenvalue weighted by Crippen LogP contribution is 2.03. The summed E-state index contributed by atoms with van der Waals surface area (Å²) in [6.07, 6.45) is 2.48. The van der Waals surface area contributed by atoms with Crippen molar-refractivity contribution < 1.29 is 0 Å². The molecule has 0 spiro atoms. The summed E-state index contributed by atoms with van der Waals surface area (Å²) in [5, 5.41) is 0. The third-order valence-electron chi connectivity index (χ3n) is 1.47. The molecule has 1 heterocycles. The van der Waals surface area contributed by atoms with Gasteiger partial charge in [-0.05, 0) is 25.9 Å². The van der Waals surface area contributed by atoms with Gasteiger partial charge in [0.25, 0.3) is 0 Å². The Morgan fingerprint density at radius 3 is 2.50 bits per heavy atom. The van der Waals surface area contributed by atoms with Crippen LogP contribution in [0.4, 0.5) is 0 Å². The van der Waals surface area contributed by atoms with Gasteiger partial charge in [-0.1, -0.05) is 0 Å². The van der Waals surface area contributed by atoms with Crippen LogP contribution in [0, 0.1) is 0 Å². The van der Waals surface area contributed by atoms with E-state index >= 15 is 0 Å². The van der Waals surface area contributed by atoms with Gasteiger partial charge in [-0.3, -0.25) is 0 Å². The van der Waals surface area contributed by atoms with Gasteiger partial charge in [0.2, 0.25) is 0 Å². The lowest BCUT2D eigenvalue weighted by Gasteiger charge is -1.96. The van der Waals surface area contributed by atoms with Crippen LogP contribution in [-0.4, -0.2) is 31.1 Å². The Morgan fingerprint density at radius 1 is 1.25 bits per heavy atom. The van der Waals surface area contributed by atoms with E-state index in [9.17, 15) is 0 Å². The molecule has 0 bridgehead atoms. The third kappa shape index (κ3) is 2.28. The molecule has 0 atom stereocenters. The zero-order chi connectivity index (χ0) is 5.82. The minimum atomic E-state index is 0.855. The molecule has 0 aromatic carbocycles. The van der Waals surface area contributed by atoms with Gasteiger partial charge in [0.1, 0.15) is 0 Å². The lowest BCUT2D eigenvalue weighted by Crippen LogP contribution is -2.04. The second-order valence-electron chi connectivity index (χ2n) is 2.34. The minimum Gasteiger partial charge on any atom is -0.330 e. The first kappa shape index (κ1) is 6.05. The molecule has 0 unspecified atom stereocenters. The first-order valence-electron chi connectivity index (χ1n) is 3.36. The van der Waals surface area contributed by atoms with E-state index in [0.29, 0.717) is 0 Å². The van der Waals surface area contributed by atoms with E-state index in [-0.39, 0.29) is 0 Å². The molecule has 0 aliphatic carbocycles. The predicted molar refractivity (Wildman–Crippen MR) is 34.7 cm³/mol. The van der Waals surface area contributed by atoms with Crippen LogP contribution < -0.4 is 5.73 Å². The molecule has 0 saturated carbocycles. The van der Waals surface area contributed by atoms with Crippen molar-refractivity contribution >= 4 is 0 Å². The molecular formula is C6H14N2. The molecule has 48 valence electrons. The summed E-state index contributed by atoms with van der Waals surface area (Å²) >= 11 is 0. The number of nitrogens with two attached hydrogens (primary N) is 1. The lowest BCUT2D eigenvalue weighted by molar-refractivity contribution is 0.523. The van der Waals surface area contributed by atoms with Gasteiger partial charge in [-0.15, -0.1) is 0 Å². The molecule has 0 aromatic rings. The predicted octanol–water partition coefficient (Wildman–Crippen LogP) is 0.0409. The van der Waals surface area contributed by atoms with E-state index < -0.39 is 0 Å². The number of unbranched alkanes of at least 4 members (excludes halogenated alkanes) is 1. The summed E-state index contributed by atoms with van der Waals surface area (Å²) in [6, 6.07) is 0. The summed E-state index contributed by atoms with van der Waals surface area (Å²) in [7, 11) is 0. The molecule has 1 saturated heterocycles. The van der Waals surface area contributed by atoms with Crippen LogP contribution in [0.3, 0.4) is 0 Å². The highest BCUT2D eigenvalue weighted by Gasteiger charge is 2.14. The van der Waals surface area contributed by atoms with Gasteiger partial charge in [0.15, 0.2) is 0 Å².